The normalized spacial score (nSPS) is 14.2. The van der Waals surface area contributed by atoms with Crippen LogP contribution in [0.4, 0.5) is 11.4 Å². The molecule has 108 valence electrons. The Morgan fingerprint density at radius 3 is 2.16 bits per heavy atom. The molecule has 1 aromatic carbocycles. The van der Waals surface area contributed by atoms with Gasteiger partial charge in [-0.05, 0) is 30.5 Å². The average molecular weight is 285 g/mol. The maximum absolute atomic E-state index is 11.3. The maximum atomic E-state index is 11.3. The highest BCUT2D eigenvalue weighted by Crippen LogP contribution is 2.30. The number of primary sulfonamides is 1. The molecule has 0 bridgehead atoms. The van der Waals surface area contributed by atoms with Crippen LogP contribution in [0.15, 0.2) is 23.1 Å². The molecule has 6 heteroatoms. The SMILES string of the molecule is CC(N(C)c1ccc(S(N)(=O)=O)c(N)c1)C(C)(C)C. The number of nitrogens with two attached hydrogens (primary N) is 2. The number of sulfonamides is 1. The minimum absolute atomic E-state index is 0.0342. The van der Waals surface area contributed by atoms with Crippen LogP contribution < -0.4 is 15.8 Å². The highest BCUT2D eigenvalue weighted by Gasteiger charge is 2.24. The first-order chi connectivity index (χ1) is 8.44. The van der Waals surface area contributed by atoms with E-state index in [0.717, 1.165) is 5.69 Å². The monoisotopic (exact) mass is 285 g/mol. The third-order valence-corrected chi connectivity index (χ3v) is 4.53. The number of hydrogen-bond donors (Lipinski definition) is 2. The summed E-state index contributed by atoms with van der Waals surface area (Å²) < 4.78 is 22.6. The molecule has 1 atom stereocenters. The Bertz CT molecular complexity index is 562. The minimum atomic E-state index is -3.77. The Hall–Kier alpha value is -1.27. The Balaban J connectivity index is 3.15. The van der Waals surface area contributed by atoms with E-state index >= 15 is 0 Å². The molecule has 0 heterocycles. The van der Waals surface area contributed by atoms with Gasteiger partial charge in [-0.25, -0.2) is 13.6 Å². The number of rotatable bonds is 3. The van der Waals surface area contributed by atoms with E-state index in [1.807, 2.05) is 7.05 Å². The molecule has 0 amide bonds. The minimum Gasteiger partial charge on any atom is -0.398 e. The third-order valence-electron chi connectivity index (χ3n) is 3.54. The van der Waals surface area contributed by atoms with E-state index in [0.29, 0.717) is 0 Å². The lowest BCUT2D eigenvalue weighted by Crippen LogP contribution is -2.39. The maximum Gasteiger partial charge on any atom is 0.240 e. The second-order valence-corrected chi connectivity index (χ2v) is 7.45. The molecular weight excluding hydrogens is 262 g/mol. The van der Waals surface area contributed by atoms with Crippen molar-refractivity contribution in [3.05, 3.63) is 18.2 Å². The van der Waals surface area contributed by atoms with E-state index in [4.69, 9.17) is 10.9 Å². The van der Waals surface area contributed by atoms with Gasteiger partial charge in [-0.15, -0.1) is 0 Å². The summed E-state index contributed by atoms with van der Waals surface area (Å²) in [6.45, 7) is 8.56. The van der Waals surface area contributed by atoms with Crippen LogP contribution in [0.25, 0.3) is 0 Å². The van der Waals surface area contributed by atoms with Crippen molar-refractivity contribution < 1.29 is 8.42 Å². The van der Waals surface area contributed by atoms with Gasteiger partial charge in [-0.3, -0.25) is 0 Å². The zero-order valence-electron chi connectivity index (χ0n) is 12.1. The van der Waals surface area contributed by atoms with E-state index in [9.17, 15) is 8.42 Å². The Morgan fingerprint density at radius 2 is 1.79 bits per heavy atom. The van der Waals surface area contributed by atoms with Gasteiger partial charge in [0.05, 0.1) is 5.69 Å². The zero-order valence-corrected chi connectivity index (χ0v) is 13.0. The van der Waals surface area contributed by atoms with Crippen molar-refractivity contribution in [1.82, 2.24) is 0 Å². The molecule has 0 aliphatic heterocycles. The molecule has 0 radical (unpaired) electrons. The van der Waals surface area contributed by atoms with Crippen molar-refractivity contribution >= 4 is 21.4 Å². The molecule has 19 heavy (non-hydrogen) atoms. The lowest BCUT2D eigenvalue weighted by molar-refractivity contribution is 0.330. The first-order valence-electron chi connectivity index (χ1n) is 6.09. The summed E-state index contributed by atoms with van der Waals surface area (Å²) in [7, 11) is -1.81. The standard InChI is InChI=1S/C13H23N3O2S/c1-9(13(2,3)4)16(5)10-6-7-12(11(14)8-10)19(15,17)18/h6-9H,14H2,1-5H3,(H2,15,17,18). The molecule has 0 fully saturated rings. The fraction of sp³-hybridized carbons (Fsp3) is 0.538. The van der Waals surface area contributed by atoms with Gasteiger partial charge in [0.2, 0.25) is 10.0 Å². The Kier molecular flexibility index (Phi) is 4.17. The van der Waals surface area contributed by atoms with Gasteiger partial charge in [0, 0.05) is 18.8 Å². The van der Waals surface area contributed by atoms with Crippen LogP contribution in [-0.4, -0.2) is 21.5 Å². The summed E-state index contributed by atoms with van der Waals surface area (Å²) in [6.07, 6.45) is 0. The summed E-state index contributed by atoms with van der Waals surface area (Å²) in [4.78, 5) is 2.04. The first-order valence-corrected chi connectivity index (χ1v) is 7.64. The molecule has 0 spiro atoms. The predicted molar refractivity (Wildman–Crippen MR) is 79.5 cm³/mol. The van der Waals surface area contributed by atoms with E-state index in [1.54, 1.807) is 12.1 Å². The molecule has 1 rings (SSSR count). The van der Waals surface area contributed by atoms with Crippen LogP contribution >= 0.6 is 0 Å². The number of benzene rings is 1. The van der Waals surface area contributed by atoms with Gasteiger partial charge in [0.1, 0.15) is 4.90 Å². The van der Waals surface area contributed by atoms with Crippen molar-refractivity contribution in [3.63, 3.8) is 0 Å². The Labute approximate surface area is 115 Å². The third kappa shape index (κ3) is 3.61. The van der Waals surface area contributed by atoms with E-state index in [1.165, 1.54) is 6.07 Å². The van der Waals surface area contributed by atoms with Crippen LogP contribution in [0.1, 0.15) is 27.7 Å². The molecule has 0 aromatic heterocycles. The van der Waals surface area contributed by atoms with Crippen molar-refractivity contribution in [2.45, 2.75) is 38.6 Å². The summed E-state index contributed by atoms with van der Waals surface area (Å²) >= 11 is 0. The van der Waals surface area contributed by atoms with Gasteiger partial charge < -0.3 is 10.6 Å². The van der Waals surface area contributed by atoms with Gasteiger partial charge in [0.15, 0.2) is 0 Å². The van der Waals surface area contributed by atoms with Gasteiger partial charge in [-0.1, -0.05) is 20.8 Å². The van der Waals surface area contributed by atoms with E-state index in [-0.39, 0.29) is 22.0 Å². The second kappa shape index (κ2) is 5.02. The molecular formula is C13H23N3O2S. The van der Waals surface area contributed by atoms with E-state index in [2.05, 4.69) is 32.6 Å². The smallest absolute Gasteiger partial charge is 0.240 e. The molecule has 4 N–H and O–H groups in total. The van der Waals surface area contributed by atoms with Gasteiger partial charge >= 0.3 is 0 Å². The Morgan fingerprint density at radius 1 is 1.26 bits per heavy atom. The van der Waals surface area contributed by atoms with Crippen molar-refractivity contribution in [1.29, 1.82) is 0 Å². The summed E-state index contributed by atoms with van der Waals surface area (Å²) in [5.41, 5.74) is 6.91. The molecule has 1 unspecified atom stereocenters. The van der Waals surface area contributed by atoms with Crippen LogP contribution in [-0.2, 0) is 10.0 Å². The van der Waals surface area contributed by atoms with E-state index < -0.39 is 10.0 Å². The number of hydrogen-bond acceptors (Lipinski definition) is 4. The molecule has 0 saturated heterocycles. The molecule has 0 aliphatic rings. The highest BCUT2D eigenvalue weighted by atomic mass is 32.2. The predicted octanol–water partition coefficient (Wildman–Crippen LogP) is 1.79. The number of anilines is 2. The van der Waals surface area contributed by atoms with Crippen LogP contribution in [0, 0.1) is 5.41 Å². The molecule has 5 nitrogen and oxygen atoms in total. The zero-order chi connectivity index (χ0) is 15.0. The van der Waals surface area contributed by atoms with Crippen molar-refractivity contribution in [3.8, 4) is 0 Å². The van der Waals surface area contributed by atoms with Gasteiger partial charge in [-0.2, -0.15) is 0 Å². The summed E-state index contributed by atoms with van der Waals surface area (Å²) in [5.74, 6) is 0. The lowest BCUT2D eigenvalue weighted by Gasteiger charge is -2.37. The topological polar surface area (TPSA) is 89.4 Å². The highest BCUT2D eigenvalue weighted by molar-refractivity contribution is 7.89. The number of nitrogens with zero attached hydrogens (tertiary/aromatic N) is 1. The second-order valence-electron chi connectivity index (χ2n) is 5.92. The van der Waals surface area contributed by atoms with Gasteiger partial charge in [0.25, 0.3) is 0 Å². The first kappa shape index (κ1) is 15.8. The average Bonchev–Trinajstić information content (AvgIpc) is 2.23. The molecule has 0 aliphatic carbocycles. The fourth-order valence-electron chi connectivity index (χ4n) is 1.82. The van der Waals surface area contributed by atoms with Crippen LogP contribution in [0.3, 0.4) is 0 Å². The fourth-order valence-corrected chi connectivity index (χ4v) is 2.46. The summed E-state index contributed by atoms with van der Waals surface area (Å²) in [6, 6.07) is 5.08. The quantitative estimate of drug-likeness (QED) is 0.828. The molecule has 1 aromatic rings. The number of nitrogen functional groups attached to an aromatic ring is 1. The van der Waals surface area contributed by atoms with Crippen LogP contribution in [0.5, 0.6) is 0 Å². The largest absolute Gasteiger partial charge is 0.398 e. The van der Waals surface area contributed by atoms with Crippen molar-refractivity contribution in [2.75, 3.05) is 17.7 Å². The van der Waals surface area contributed by atoms with Crippen LogP contribution in [0.2, 0.25) is 0 Å². The lowest BCUT2D eigenvalue weighted by atomic mass is 9.87. The summed E-state index contributed by atoms with van der Waals surface area (Å²) in [5, 5.41) is 5.09. The van der Waals surface area contributed by atoms with Crippen molar-refractivity contribution in [2.24, 2.45) is 10.6 Å². The molecule has 0 saturated carbocycles.